The van der Waals surface area contributed by atoms with Gasteiger partial charge >= 0.3 is 0 Å². The fourth-order valence-corrected chi connectivity index (χ4v) is 2.80. The van der Waals surface area contributed by atoms with Crippen LogP contribution < -0.4 is 9.47 Å². The van der Waals surface area contributed by atoms with Gasteiger partial charge in [-0.2, -0.15) is 0 Å². The molecule has 0 amide bonds. The van der Waals surface area contributed by atoms with Crippen LogP contribution >= 0.6 is 0 Å². The molecule has 0 saturated heterocycles. The van der Waals surface area contributed by atoms with Crippen LogP contribution in [-0.4, -0.2) is 29.7 Å². The Morgan fingerprint density at radius 3 is 2.89 bits per heavy atom. The van der Waals surface area contributed by atoms with E-state index in [1.807, 2.05) is 0 Å². The molecule has 0 aromatic heterocycles. The second-order valence-corrected chi connectivity index (χ2v) is 5.59. The van der Waals surface area contributed by atoms with Crippen molar-refractivity contribution in [1.82, 2.24) is 0 Å². The first-order chi connectivity index (χ1) is 9.31. The summed E-state index contributed by atoms with van der Waals surface area (Å²) in [5.74, 6) is 1.82. The molecule has 0 spiro atoms. The summed E-state index contributed by atoms with van der Waals surface area (Å²) in [6.07, 6.45) is 1.45. The van der Waals surface area contributed by atoms with E-state index in [9.17, 15) is 4.21 Å². The molecule has 7 heteroatoms. The van der Waals surface area contributed by atoms with E-state index in [0.717, 1.165) is 6.42 Å². The van der Waals surface area contributed by atoms with Crippen molar-refractivity contribution in [1.29, 1.82) is 0 Å². The fraction of sp³-hybridized carbons (Fsp3) is 0.500. The molecule has 1 heterocycles. The minimum Gasteiger partial charge on any atom is -0.490 e. The smallest absolute Gasteiger partial charge is 0.162 e. The van der Waals surface area contributed by atoms with Crippen molar-refractivity contribution in [2.45, 2.75) is 17.7 Å². The summed E-state index contributed by atoms with van der Waals surface area (Å²) in [5.41, 5.74) is 8.16. The lowest BCUT2D eigenvalue weighted by molar-refractivity contribution is 0.297. The van der Waals surface area contributed by atoms with Gasteiger partial charge in [-0.25, -0.2) is 0 Å². The zero-order chi connectivity index (χ0) is 13.5. The first kappa shape index (κ1) is 13.7. The Morgan fingerprint density at radius 1 is 1.32 bits per heavy atom. The molecule has 102 valence electrons. The van der Waals surface area contributed by atoms with Crippen molar-refractivity contribution in [2.24, 2.45) is 5.11 Å². The SMILES string of the molecule is [N-]=[N+]=NCCCS(=O)c1ccc2c(c1)OCCCO2. The summed E-state index contributed by atoms with van der Waals surface area (Å²) >= 11 is 0. The molecule has 0 fully saturated rings. The van der Waals surface area contributed by atoms with Crippen molar-refractivity contribution in [2.75, 3.05) is 25.5 Å². The minimum absolute atomic E-state index is 0.368. The summed E-state index contributed by atoms with van der Waals surface area (Å²) < 4.78 is 23.1. The number of azide groups is 1. The van der Waals surface area contributed by atoms with E-state index in [4.69, 9.17) is 15.0 Å². The van der Waals surface area contributed by atoms with Gasteiger partial charge in [0.1, 0.15) is 0 Å². The topological polar surface area (TPSA) is 84.3 Å². The lowest BCUT2D eigenvalue weighted by Crippen LogP contribution is -2.01. The molecule has 0 saturated carbocycles. The van der Waals surface area contributed by atoms with E-state index < -0.39 is 10.8 Å². The molecular formula is C12H15N3O3S. The highest BCUT2D eigenvalue weighted by Crippen LogP contribution is 2.31. The molecule has 0 N–H and O–H groups in total. The molecular weight excluding hydrogens is 266 g/mol. The van der Waals surface area contributed by atoms with Crippen LogP contribution in [-0.2, 0) is 10.8 Å². The molecule has 2 rings (SSSR count). The highest BCUT2D eigenvalue weighted by Gasteiger charge is 2.13. The Kier molecular flexibility index (Phi) is 5.06. The zero-order valence-corrected chi connectivity index (χ0v) is 11.3. The standard InChI is InChI=1S/C12H15N3O3S/c13-15-14-5-1-8-19(16)10-3-4-11-12(9-10)18-7-2-6-17-11/h3-4,9H,1-2,5-8H2. The summed E-state index contributed by atoms with van der Waals surface area (Å²) in [4.78, 5) is 3.38. The van der Waals surface area contributed by atoms with Gasteiger partial charge in [-0.3, -0.25) is 4.21 Å². The number of ether oxygens (including phenoxy) is 2. The van der Waals surface area contributed by atoms with Crippen LogP contribution in [0.1, 0.15) is 12.8 Å². The molecule has 19 heavy (non-hydrogen) atoms. The van der Waals surface area contributed by atoms with Gasteiger partial charge in [0.25, 0.3) is 0 Å². The molecule has 6 nitrogen and oxygen atoms in total. The molecule has 1 atom stereocenters. The van der Waals surface area contributed by atoms with Crippen molar-refractivity contribution in [3.63, 3.8) is 0 Å². The fourth-order valence-electron chi connectivity index (χ4n) is 1.71. The maximum Gasteiger partial charge on any atom is 0.162 e. The highest BCUT2D eigenvalue weighted by molar-refractivity contribution is 7.85. The van der Waals surface area contributed by atoms with Gasteiger partial charge in [0.05, 0.1) is 24.0 Å². The molecule has 1 unspecified atom stereocenters. The minimum atomic E-state index is -1.11. The van der Waals surface area contributed by atoms with Crippen LogP contribution in [0.25, 0.3) is 10.4 Å². The van der Waals surface area contributed by atoms with Gasteiger partial charge in [-0.05, 0) is 24.1 Å². The quantitative estimate of drug-likeness (QED) is 0.360. The summed E-state index contributed by atoms with van der Waals surface area (Å²) in [5, 5.41) is 3.42. The van der Waals surface area contributed by atoms with Gasteiger partial charge in [0.15, 0.2) is 11.5 Å². The van der Waals surface area contributed by atoms with E-state index in [0.29, 0.717) is 48.3 Å². The van der Waals surface area contributed by atoms with Gasteiger partial charge in [-0.1, -0.05) is 5.11 Å². The first-order valence-electron chi connectivity index (χ1n) is 6.10. The summed E-state index contributed by atoms with van der Waals surface area (Å²) in [6, 6.07) is 5.35. The van der Waals surface area contributed by atoms with Gasteiger partial charge in [0.2, 0.25) is 0 Å². The normalized spacial score (nSPS) is 15.2. The van der Waals surface area contributed by atoms with Crippen molar-refractivity contribution < 1.29 is 13.7 Å². The molecule has 0 radical (unpaired) electrons. The number of benzene rings is 1. The maximum absolute atomic E-state index is 12.1. The van der Waals surface area contributed by atoms with Gasteiger partial charge < -0.3 is 9.47 Å². The van der Waals surface area contributed by atoms with E-state index in [-0.39, 0.29) is 0 Å². The average Bonchev–Trinajstić information content (AvgIpc) is 2.67. The number of rotatable bonds is 5. The molecule has 1 aliphatic heterocycles. The second-order valence-electron chi connectivity index (χ2n) is 4.02. The van der Waals surface area contributed by atoms with Crippen LogP contribution in [0.15, 0.2) is 28.2 Å². The highest BCUT2D eigenvalue weighted by atomic mass is 32.2. The number of hydrogen-bond donors (Lipinski definition) is 0. The van der Waals surface area contributed by atoms with Crippen molar-refractivity contribution in [3.05, 3.63) is 28.6 Å². The summed E-state index contributed by atoms with van der Waals surface area (Å²) in [6.45, 7) is 1.62. The molecule has 1 aliphatic rings. The third-order valence-corrected chi connectivity index (χ3v) is 4.07. The van der Waals surface area contributed by atoms with E-state index in [1.165, 1.54) is 0 Å². The predicted molar refractivity (Wildman–Crippen MR) is 72.0 cm³/mol. The van der Waals surface area contributed by atoms with Crippen LogP contribution in [0.5, 0.6) is 11.5 Å². The Morgan fingerprint density at radius 2 is 2.11 bits per heavy atom. The Labute approximate surface area is 113 Å². The van der Waals surface area contributed by atoms with Crippen molar-refractivity contribution in [3.8, 4) is 11.5 Å². The Hall–Kier alpha value is -1.72. The largest absolute Gasteiger partial charge is 0.490 e. The van der Waals surface area contributed by atoms with Gasteiger partial charge in [0, 0.05) is 34.6 Å². The second kappa shape index (κ2) is 7.01. The number of nitrogens with zero attached hydrogens (tertiary/aromatic N) is 3. The monoisotopic (exact) mass is 281 g/mol. The van der Waals surface area contributed by atoms with Crippen molar-refractivity contribution >= 4 is 10.8 Å². The summed E-state index contributed by atoms with van der Waals surface area (Å²) in [7, 11) is -1.11. The lowest BCUT2D eigenvalue weighted by atomic mass is 10.3. The average molecular weight is 281 g/mol. The molecule has 1 aromatic carbocycles. The van der Waals surface area contributed by atoms with E-state index in [1.54, 1.807) is 18.2 Å². The lowest BCUT2D eigenvalue weighted by Gasteiger charge is -2.09. The predicted octanol–water partition coefficient (Wildman–Crippen LogP) is 2.66. The van der Waals surface area contributed by atoms with E-state index in [2.05, 4.69) is 10.0 Å². The van der Waals surface area contributed by atoms with Crippen LogP contribution in [0.4, 0.5) is 0 Å². The van der Waals surface area contributed by atoms with Crippen LogP contribution in [0.3, 0.4) is 0 Å². The first-order valence-corrected chi connectivity index (χ1v) is 7.42. The van der Waals surface area contributed by atoms with E-state index >= 15 is 0 Å². The number of hydrogen-bond acceptors (Lipinski definition) is 4. The Bertz CT molecular complexity index is 515. The molecule has 0 bridgehead atoms. The zero-order valence-electron chi connectivity index (χ0n) is 10.4. The molecule has 1 aromatic rings. The van der Waals surface area contributed by atoms with Gasteiger partial charge in [-0.15, -0.1) is 0 Å². The molecule has 0 aliphatic carbocycles. The maximum atomic E-state index is 12.1. The Balaban J connectivity index is 2.02. The third kappa shape index (κ3) is 3.87. The third-order valence-electron chi connectivity index (χ3n) is 2.63. The van der Waals surface area contributed by atoms with Crippen LogP contribution in [0.2, 0.25) is 0 Å². The van der Waals surface area contributed by atoms with Crippen LogP contribution in [0, 0.1) is 0 Å². The number of fused-ring (bicyclic) bond motifs is 1.